The van der Waals surface area contributed by atoms with Gasteiger partial charge in [0.05, 0.1) is 24.8 Å². The summed E-state index contributed by atoms with van der Waals surface area (Å²) in [4.78, 5) is 5.84. The summed E-state index contributed by atoms with van der Waals surface area (Å²) in [5, 5.41) is 4.00. The molecule has 0 unspecified atom stereocenters. The van der Waals surface area contributed by atoms with Gasteiger partial charge in [-0.05, 0) is 78.4 Å². The van der Waals surface area contributed by atoms with E-state index in [9.17, 15) is 4.39 Å². The average molecular weight is 406 g/mol. The maximum Gasteiger partial charge on any atom is 0.188 e. The number of anilines is 2. The normalized spacial score (nSPS) is 10.6. The van der Waals surface area contributed by atoms with Crippen LogP contribution in [0.15, 0.2) is 72.8 Å². The Hall–Kier alpha value is -3.38. The first-order valence-electron chi connectivity index (χ1n) is 8.98. The zero-order chi connectivity index (χ0) is 20.2. The van der Waals surface area contributed by atoms with Crippen molar-refractivity contribution < 1.29 is 13.9 Å². The monoisotopic (exact) mass is 406 g/mol. The fourth-order valence-corrected chi connectivity index (χ4v) is 3.93. The molecule has 29 heavy (non-hydrogen) atoms. The van der Waals surface area contributed by atoms with E-state index in [0.717, 1.165) is 44.0 Å². The molecule has 4 nitrogen and oxygen atoms in total. The van der Waals surface area contributed by atoms with E-state index in [1.165, 1.54) is 12.1 Å². The van der Waals surface area contributed by atoms with Crippen LogP contribution in [-0.2, 0) is 0 Å². The van der Waals surface area contributed by atoms with E-state index in [4.69, 9.17) is 14.5 Å². The van der Waals surface area contributed by atoms with Crippen molar-refractivity contribution in [2.75, 3.05) is 19.5 Å². The number of methoxy groups -OCH3 is 2. The predicted octanol–water partition coefficient (Wildman–Crippen LogP) is 6.38. The summed E-state index contributed by atoms with van der Waals surface area (Å²) in [7, 11) is 3.29. The second kappa shape index (κ2) is 8.32. The van der Waals surface area contributed by atoms with Crippen LogP contribution in [0.25, 0.3) is 21.7 Å². The van der Waals surface area contributed by atoms with Crippen LogP contribution in [0.4, 0.5) is 15.2 Å². The minimum absolute atomic E-state index is 0.271. The lowest BCUT2D eigenvalue weighted by molar-refractivity contribution is 0.414. The van der Waals surface area contributed by atoms with Gasteiger partial charge in [-0.3, -0.25) is 0 Å². The van der Waals surface area contributed by atoms with E-state index >= 15 is 0 Å². The molecule has 6 heteroatoms. The highest BCUT2D eigenvalue weighted by atomic mass is 32.1. The van der Waals surface area contributed by atoms with Crippen molar-refractivity contribution in [3.05, 3.63) is 78.6 Å². The van der Waals surface area contributed by atoms with Crippen LogP contribution in [0, 0.1) is 5.82 Å². The van der Waals surface area contributed by atoms with Gasteiger partial charge in [-0.25, -0.2) is 9.37 Å². The van der Waals surface area contributed by atoms with Crippen LogP contribution in [0.5, 0.6) is 11.5 Å². The molecule has 3 aromatic carbocycles. The smallest absolute Gasteiger partial charge is 0.188 e. The van der Waals surface area contributed by atoms with E-state index < -0.39 is 0 Å². The molecule has 4 aromatic rings. The van der Waals surface area contributed by atoms with Crippen LogP contribution < -0.4 is 14.8 Å². The summed E-state index contributed by atoms with van der Waals surface area (Å²) in [6, 6.07) is 21.9. The molecule has 0 aliphatic heterocycles. The molecule has 0 spiro atoms. The van der Waals surface area contributed by atoms with E-state index in [0.29, 0.717) is 0 Å². The third-order valence-electron chi connectivity index (χ3n) is 4.44. The van der Waals surface area contributed by atoms with E-state index in [1.807, 2.05) is 48.5 Å². The number of aromatic nitrogens is 1. The van der Waals surface area contributed by atoms with Gasteiger partial charge in [0, 0.05) is 11.3 Å². The van der Waals surface area contributed by atoms with Gasteiger partial charge in [0.2, 0.25) is 0 Å². The molecule has 146 valence electrons. The van der Waals surface area contributed by atoms with Crippen molar-refractivity contribution in [1.29, 1.82) is 0 Å². The lowest BCUT2D eigenvalue weighted by Crippen LogP contribution is -1.90. The molecule has 0 saturated heterocycles. The Morgan fingerprint density at radius 1 is 0.759 bits per heavy atom. The van der Waals surface area contributed by atoms with Crippen molar-refractivity contribution >= 4 is 22.2 Å². The fraction of sp³-hybridized carbons (Fsp3) is 0.0870. The first-order chi connectivity index (χ1) is 14.2. The third-order valence-corrected chi connectivity index (χ3v) is 5.46. The highest BCUT2D eigenvalue weighted by molar-refractivity contribution is 7.19. The molecular formula is C23H19FN2O2S. The average Bonchev–Trinajstić information content (AvgIpc) is 3.19. The number of rotatable bonds is 6. The largest absolute Gasteiger partial charge is 0.497 e. The zero-order valence-electron chi connectivity index (χ0n) is 16.0. The summed E-state index contributed by atoms with van der Waals surface area (Å²) in [5.41, 5.74) is 3.68. The molecule has 0 aliphatic carbocycles. The Morgan fingerprint density at radius 2 is 1.31 bits per heavy atom. The molecule has 0 bridgehead atoms. The molecule has 4 rings (SSSR count). The van der Waals surface area contributed by atoms with Crippen LogP contribution >= 0.6 is 11.3 Å². The maximum absolute atomic E-state index is 13.2. The molecule has 1 N–H and O–H groups in total. The van der Waals surface area contributed by atoms with E-state index in [2.05, 4.69) is 5.32 Å². The van der Waals surface area contributed by atoms with Crippen LogP contribution in [0.2, 0.25) is 0 Å². The van der Waals surface area contributed by atoms with E-state index in [1.54, 1.807) is 37.7 Å². The molecule has 0 saturated carbocycles. The predicted molar refractivity (Wildman–Crippen MR) is 116 cm³/mol. The summed E-state index contributed by atoms with van der Waals surface area (Å²) in [6.07, 6.45) is 0. The van der Waals surface area contributed by atoms with Gasteiger partial charge in [0.15, 0.2) is 5.13 Å². The minimum atomic E-state index is -0.271. The molecule has 0 aliphatic rings. The van der Waals surface area contributed by atoms with Gasteiger partial charge in [-0.15, -0.1) is 0 Å². The molecular weight excluding hydrogens is 387 g/mol. The van der Waals surface area contributed by atoms with Crippen molar-refractivity contribution in [2.24, 2.45) is 0 Å². The minimum Gasteiger partial charge on any atom is -0.497 e. The lowest BCUT2D eigenvalue weighted by atomic mass is 10.1. The Bertz CT molecular complexity index is 1030. The number of hydrogen-bond acceptors (Lipinski definition) is 5. The number of hydrogen-bond donors (Lipinski definition) is 1. The molecule has 0 atom stereocenters. The van der Waals surface area contributed by atoms with Gasteiger partial charge in [-0.2, -0.15) is 0 Å². The van der Waals surface area contributed by atoms with E-state index in [-0.39, 0.29) is 5.82 Å². The first-order valence-corrected chi connectivity index (χ1v) is 9.80. The Balaban J connectivity index is 1.75. The summed E-state index contributed by atoms with van der Waals surface area (Å²) in [6.45, 7) is 0. The maximum atomic E-state index is 13.2. The molecule has 1 heterocycles. The number of halogens is 1. The number of nitrogens with one attached hydrogen (secondary N) is 1. The number of benzene rings is 3. The number of ether oxygens (including phenoxy) is 2. The van der Waals surface area contributed by atoms with Crippen molar-refractivity contribution in [1.82, 2.24) is 4.98 Å². The fourth-order valence-electron chi connectivity index (χ4n) is 2.91. The Morgan fingerprint density at radius 3 is 1.86 bits per heavy atom. The van der Waals surface area contributed by atoms with Crippen LogP contribution in [0.3, 0.4) is 0 Å². The summed E-state index contributed by atoms with van der Waals surface area (Å²) >= 11 is 1.54. The third kappa shape index (κ3) is 4.22. The molecule has 0 fully saturated rings. The second-order valence-corrected chi connectivity index (χ2v) is 7.28. The van der Waals surface area contributed by atoms with Gasteiger partial charge in [0.1, 0.15) is 17.3 Å². The topological polar surface area (TPSA) is 43.4 Å². The molecule has 0 amide bonds. The first kappa shape index (κ1) is 19.0. The lowest BCUT2D eigenvalue weighted by Gasteiger charge is -2.05. The van der Waals surface area contributed by atoms with Gasteiger partial charge in [-0.1, -0.05) is 11.3 Å². The van der Waals surface area contributed by atoms with Gasteiger partial charge in [0.25, 0.3) is 0 Å². The van der Waals surface area contributed by atoms with Crippen molar-refractivity contribution in [3.63, 3.8) is 0 Å². The Labute approximate surface area is 172 Å². The van der Waals surface area contributed by atoms with Crippen LogP contribution in [0.1, 0.15) is 0 Å². The van der Waals surface area contributed by atoms with Crippen molar-refractivity contribution in [3.8, 4) is 33.2 Å². The summed E-state index contributed by atoms with van der Waals surface area (Å²) in [5.74, 6) is 1.32. The molecule has 1 aromatic heterocycles. The summed E-state index contributed by atoms with van der Waals surface area (Å²) < 4.78 is 23.7. The van der Waals surface area contributed by atoms with Gasteiger partial charge < -0.3 is 14.8 Å². The number of thiazole rings is 1. The Kier molecular flexibility index (Phi) is 5.44. The van der Waals surface area contributed by atoms with Crippen molar-refractivity contribution in [2.45, 2.75) is 0 Å². The zero-order valence-corrected chi connectivity index (χ0v) is 16.8. The number of nitrogens with zero attached hydrogens (tertiary/aromatic N) is 1. The standard InChI is InChI=1S/C23H19FN2O2S/c1-27-19-11-3-15(4-12-19)21-22(16-5-13-20(28-2)14-6-16)29-23(26-21)25-18-9-7-17(24)8-10-18/h3-14H,1-2H3,(H,25,26). The SMILES string of the molecule is COc1ccc(-c2nc(Nc3ccc(F)cc3)sc2-c2ccc(OC)cc2)cc1. The second-order valence-electron chi connectivity index (χ2n) is 6.29. The highest BCUT2D eigenvalue weighted by Crippen LogP contribution is 2.40. The molecule has 0 radical (unpaired) electrons. The van der Waals surface area contributed by atoms with Crippen LogP contribution in [-0.4, -0.2) is 19.2 Å². The van der Waals surface area contributed by atoms with Gasteiger partial charge >= 0.3 is 0 Å². The highest BCUT2D eigenvalue weighted by Gasteiger charge is 2.16. The quantitative estimate of drug-likeness (QED) is 0.404.